The Labute approximate surface area is 129 Å². The molecule has 0 bridgehead atoms. The molecule has 0 aliphatic rings. The van der Waals surface area contributed by atoms with Gasteiger partial charge in [-0.3, -0.25) is 9.48 Å². The third-order valence-electron chi connectivity index (χ3n) is 3.62. The van der Waals surface area contributed by atoms with Crippen molar-refractivity contribution in [2.75, 3.05) is 6.61 Å². The Kier molecular flexibility index (Phi) is 5.00. The molecule has 21 heavy (non-hydrogen) atoms. The fraction of sp³-hybridized carbons (Fsp3) is 0.600. The van der Waals surface area contributed by atoms with Crippen LogP contribution >= 0.6 is 11.3 Å². The second kappa shape index (κ2) is 6.58. The van der Waals surface area contributed by atoms with Crippen LogP contribution in [0.3, 0.4) is 0 Å². The van der Waals surface area contributed by atoms with Crippen molar-refractivity contribution in [3.05, 3.63) is 16.6 Å². The fourth-order valence-corrected chi connectivity index (χ4v) is 3.38. The largest absolute Gasteiger partial charge is 0.396 e. The third-order valence-corrected chi connectivity index (χ3v) is 4.82. The number of carbonyl (C=O) groups is 1. The first-order valence-corrected chi connectivity index (χ1v) is 8.17. The summed E-state index contributed by atoms with van der Waals surface area (Å²) in [6.07, 6.45) is 1.40. The zero-order valence-corrected chi connectivity index (χ0v) is 13.8. The van der Waals surface area contributed by atoms with E-state index in [1.165, 1.54) is 11.3 Å². The van der Waals surface area contributed by atoms with Crippen LogP contribution in [0.5, 0.6) is 0 Å². The summed E-state index contributed by atoms with van der Waals surface area (Å²) in [6.45, 7) is 6.31. The number of aliphatic hydroxyl groups excluding tert-OH is 1. The average molecular weight is 309 g/mol. The molecule has 0 saturated heterocycles. The van der Waals surface area contributed by atoms with E-state index in [1.807, 2.05) is 24.7 Å². The molecule has 6 heteroatoms. The van der Waals surface area contributed by atoms with Crippen molar-refractivity contribution in [1.29, 1.82) is 0 Å². The standard InChI is InChI=1S/C15H23N3O2S/c1-5-10(6-7-19)16-14(20)12-8-11-13(9(2)3)17-18(4)15(11)21-12/h8-10,19H,5-7H2,1-4H3,(H,16,20). The predicted molar refractivity (Wildman–Crippen MR) is 85.9 cm³/mol. The van der Waals surface area contributed by atoms with Gasteiger partial charge >= 0.3 is 0 Å². The number of rotatable bonds is 6. The van der Waals surface area contributed by atoms with Crippen molar-refractivity contribution in [3.8, 4) is 0 Å². The molecule has 2 aromatic rings. The molecular weight excluding hydrogens is 286 g/mol. The minimum atomic E-state index is -0.0637. The van der Waals surface area contributed by atoms with Gasteiger partial charge < -0.3 is 10.4 Å². The summed E-state index contributed by atoms with van der Waals surface area (Å²) in [5.41, 5.74) is 1.03. The van der Waals surface area contributed by atoms with E-state index < -0.39 is 0 Å². The summed E-state index contributed by atoms with van der Waals surface area (Å²) in [5, 5.41) is 17.6. The SMILES string of the molecule is CCC(CCO)NC(=O)c1cc2c(C(C)C)nn(C)c2s1. The molecule has 2 rings (SSSR count). The normalized spacial score (nSPS) is 13.0. The molecule has 2 heterocycles. The van der Waals surface area contributed by atoms with Crippen LogP contribution in [-0.4, -0.2) is 33.4 Å². The molecule has 0 fully saturated rings. The average Bonchev–Trinajstić information content (AvgIpc) is 2.99. The van der Waals surface area contributed by atoms with Crippen LogP contribution < -0.4 is 5.32 Å². The molecule has 2 N–H and O–H groups in total. The summed E-state index contributed by atoms with van der Waals surface area (Å²) < 4.78 is 1.84. The molecule has 0 aromatic carbocycles. The highest BCUT2D eigenvalue weighted by Gasteiger charge is 2.19. The first-order valence-electron chi connectivity index (χ1n) is 7.36. The third kappa shape index (κ3) is 3.27. The second-order valence-corrected chi connectivity index (χ2v) is 6.61. The maximum absolute atomic E-state index is 12.3. The summed E-state index contributed by atoms with van der Waals surface area (Å²) >= 11 is 1.47. The van der Waals surface area contributed by atoms with Crippen LogP contribution in [0.2, 0.25) is 0 Å². The zero-order valence-electron chi connectivity index (χ0n) is 13.0. The van der Waals surface area contributed by atoms with Crippen molar-refractivity contribution >= 4 is 27.5 Å². The number of hydrogen-bond donors (Lipinski definition) is 2. The van der Waals surface area contributed by atoms with Gasteiger partial charge in [-0.15, -0.1) is 11.3 Å². The maximum Gasteiger partial charge on any atom is 0.261 e. The lowest BCUT2D eigenvalue weighted by molar-refractivity contribution is 0.0933. The summed E-state index contributed by atoms with van der Waals surface area (Å²) in [7, 11) is 1.91. The molecule has 116 valence electrons. The number of thiophene rings is 1. The lowest BCUT2D eigenvalue weighted by Gasteiger charge is -2.14. The van der Waals surface area contributed by atoms with Gasteiger partial charge in [0.1, 0.15) is 4.83 Å². The highest BCUT2D eigenvalue weighted by Crippen LogP contribution is 2.31. The van der Waals surface area contributed by atoms with Crippen molar-refractivity contribution in [1.82, 2.24) is 15.1 Å². The quantitative estimate of drug-likeness (QED) is 0.862. The van der Waals surface area contributed by atoms with Crippen molar-refractivity contribution in [2.24, 2.45) is 7.05 Å². The Balaban J connectivity index is 2.26. The maximum atomic E-state index is 12.3. The first kappa shape index (κ1) is 16.0. The molecule has 0 saturated carbocycles. The second-order valence-electron chi connectivity index (χ2n) is 5.58. The van der Waals surface area contributed by atoms with E-state index in [9.17, 15) is 4.79 Å². The Hall–Kier alpha value is -1.40. The van der Waals surface area contributed by atoms with Gasteiger partial charge in [0.05, 0.1) is 10.6 Å². The number of fused-ring (bicyclic) bond motifs is 1. The topological polar surface area (TPSA) is 67.2 Å². The number of hydrogen-bond acceptors (Lipinski definition) is 4. The van der Waals surface area contributed by atoms with Crippen LogP contribution in [-0.2, 0) is 7.05 Å². The number of nitrogens with zero attached hydrogens (tertiary/aromatic N) is 2. The molecular formula is C15H23N3O2S. The molecule has 0 radical (unpaired) electrons. The van der Waals surface area contributed by atoms with Crippen LogP contribution in [0.25, 0.3) is 10.2 Å². The minimum absolute atomic E-state index is 0.0235. The number of aliphatic hydroxyl groups is 1. The van der Waals surface area contributed by atoms with Gasteiger partial charge in [-0.05, 0) is 24.8 Å². The van der Waals surface area contributed by atoms with Crippen molar-refractivity contribution in [2.45, 2.75) is 45.6 Å². The number of aryl methyl sites for hydroxylation is 1. The van der Waals surface area contributed by atoms with E-state index in [1.54, 1.807) is 0 Å². The predicted octanol–water partition coefficient (Wildman–Crippen LogP) is 2.65. The van der Waals surface area contributed by atoms with Gasteiger partial charge in [0.25, 0.3) is 5.91 Å². The highest BCUT2D eigenvalue weighted by atomic mass is 32.1. The minimum Gasteiger partial charge on any atom is -0.396 e. The van der Waals surface area contributed by atoms with Gasteiger partial charge in [0, 0.05) is 25.1 Å². The summed E-state index contributed by atoms with van der Waals surface area (Å²) in [4.78, 5) is 14.1. The van der Waals surface area contributed by atoms with E-state index in [2.05, 4.69) is 24.3 Å². The van der Waals surface area contributed by atoms with Gasteiger partial charge in [-0.2, -0.15) is 5.10 Å². The monoisotopic (exact) mass is 309 g/mol. The molecule has 0 aliphatic heterocycles. The molecule has 5 nitrogen and oxygen atoms in total. The Morgan fingerprint density at radius 2 is 2.24 bits per heavy atom. The Morgan fingerprint density at radius 1 is 1.52 bits per heavy atom. The van der Waals surface area contributed by atoms with Gasteiger partial charge in [-0.1, -0.05) is 20.8 Å². The summed E-state index contributed by atoms with van der Waals surface area (Å²) in [6, 6.07) is 1.96. The number of nitrogens with one attached hydrogen (secondary N) is 1. The van der Waals surface area contributed by atoms with E-state index in [0.717, 1.165) is 22.3 Å². The van der Waals surface area contributed by atoms with Gasteiger partial charge in [0.2, 0.25) is 0 Å². The van der Waals surface area contributed by atoms with Crippen LogP contribution in [0, 0.1) is 0 Å². The van der Waals surface area contributed by atoms with Gasteiger partial charge in [0.15, 0.2) is 0 Å². The lowest BCUT2D eigenvalue weighted by atomic mass is 10.1. The lowest BCUT2D eigenvalue weighted by Crippen LogP contribution is -2.34. The van der Waals surface area contributed by atoms with E-state index in [-0.39, 0.29) is 18.6 Å². The molecule has 1 atom stereocenters. The number of amides is 1. The van der Waals surface area contributed by atoms with Gasteiger partial charge in [-0.25, -0.2) is 0 Å². The molecule has 1 amide bonds. The molecule has 0 aliphatic carbocycles. The van der Waals surface area contributed by atoms with Crippen LogP contribution in [0.1, 0.15) is 54.9 Å². The molecule has 2 aromatic heterocycles. The van der Waals surface area contributed by atoms with E-state index in [4.69, 9.17) is 5.11 Å². The summed E-state index contributed by atoms with van der Waals surface area (Å²) in [5.74, 6) is 0.267. The Bertz CT molecular complexity index is 630. The van der Waals surface area contributed by atoms with Crippen molar-refractivity contribution in [3.63, 3.8) is 0 Å². The van der Waals surface area contributed by atoms with Crippen LogP contribution in [0.15, 0.2) is 6.07 Å². The fourth-order valence-electron chi connectivity index (χ4n) is 2.40. The van der Waals surface area contributed by atoms with Crippen molar-refractivity contribution < 1.29 is 9.90 Å². The number of carbonyl (C=O) groups excluding carboxylic acids is 1. The Morgan fingerprint density at radius 3 is 2.81 bits per heavy atom. The molecule has 1 unspecified atom stereocenters. The zero-order chi connectivity index (χ0) is 15.6. The van der Waals surface area contributed by atoms with E-state index in [0.29, 0.717) is 17.2 Å². The molecule has 0 spiro atoms. The smallest absolute Gasteiger partial charge is 0.261 e. The first-order chi connectivity index (χ1) is 9.97. The highest BCUT2D eigenvalue weighted by molar-refractivity contribution is 7.20. The van der Waals surface area contributed by atoms with Crippen LogP contribution in [0.4, 0.5) is 0 Å². The number of aromatic nitrogens is 2. The van der Waals surface area contributed by atoms with E-state index >= 15 is 0 Å².